The van der Waals surface area contributed by atoms with Gasteiger partial charge in [0.15, 0.2) is 12.1 Å². The molecule has 0 aliphatic rings. The number of pyridine rings is 1. The van der Waals surface area contributed by atoms with E-state index >= 15 is 0 Å². The summed E-state index contributed by atoms with van der Waals surface area (Å²) in [6.07, 6.45) is 9.93. The monoisotopic (exact) mass is 1610 g/mol. The Morgan fingerprint density at radius 3 is 1.49 bits per heavy atom. The van der Waals surface area contributed by atoms with Gasteiger partial charge in [-0.3, -0.25) is 18.9 Å². The number of hydrogen-bond acceptors (Lipinski definition) is 19. The largest absolute Gasteiger partial charge is 1.00 e. The second-order valence-corrected chi connectivity index (χ2v) is 37.3. The van der Waals surface area contributed by atoms with Crippen molar-refractivity contribution in [1.82, 2.24) is 4.98 Å². The molecule has 0 atom stereocenters. The standard InChI is InChI=1S/C16H14N4OS2.C8H8BrNS.C8H9NS.C8H7NS.C6H18NSi2.C6H6OS.C4H10O2.C2H4O2.CNOP.B.Br2.K.Na.H/c1-8-9(3-2-4-17)5-12(22-8)13-6-10-14(23-13)11(16(19)21)7-20-15(10)18;1-6-7(3-2-4-10)5-8(9)11-6;2*1-7-8(3-2-5-9)4-6-10-7;1-8(2,3)7-9(4,5)6;1-5-6(4-7)2-3-8-5;1-3-5-6-4-2;1-2(3)4;2-1-4-3;;1-2;;;/h5-7H,2-3H2,1H3,(H2,18,20)(H2,19,21);5H,2-3H2,1H3;4,6H,2-3H2,1H3;2-4,6H,1H3;1-6H3;2-4H,1H3;3-4H2,1-2H3;1H3,(H,3,4);;;;;;/q;;;;-1;;;;;;;2*+1;-1/b;;;3-2+;;;;;;;;;;. The van der Waals surface area contributed by atoms with Crippen LogP contribution in [0.1, 0.15) is 109 Å². The van der Waals surface area contributed by atoms with Crippen molar-refractivity contribution in [1.29, 1.82) is 26.3 Å². The zero-order valence-corrected chi connectivity index (χ0v) is 71.6. The van der Waals surface area contributed by atoms with Crippen LogP contribution in [0.15, 0.2) is 68.6 Å². The SMILES string of the molecule is BrBr.CC(=O)O.CCOOCC.C[Si](C)(C)[N-][Si](C)(C)C.Cc1sc(-c2cc3c(N)ncc(C(N)=O)c3s2)cc1CCC#N.Cc1sc(Br)cc1CCC#N.Cc1sccc1/C=C/C#N.Cc1sccc1C=O.Cc1sccc1CCC#N.N#CP=O.[B].[H-].[K+].[Na+]. The van der Waals surface area contributed by atoms with Crippen LogP contribution in [-0.4, -0.2) is 66.4 Å². The fraction of sp³-hybridized carbons (Fsp3) is 0.373. The topological polar surface area (TPSA) is 305 Å². The molecule has 7 rings (SSSR count). The third kappa shape index (κ3) is 48.5. The van der Waals surface area contributed by atoms with Crippen LogP contribution in [0.3, 0.4) is 0 Å². The number of thiophene rings is 6. The van der Waals surface area contributed by atoms with E-state index in [1.165, 1.54) is 65.6 Å². The molecule has 0 aliphatic heterocycles. The smallest absolute Gasteiger partial charge is 1.00 e. The molecule has 3 radical (unpaired) electrons. The number of nitrogen functional groups attached to an aromatic ring is 1. The zero-order chi connectivity index (χ0) is 67.1. The predicted octanol–water partition coefficient (Wildman–Crippen LogP) is 14.0. The molecule has 7 heterocycles. The number of nitrogens with zero attached hydrogens (tertiary/aromatic N) is 7. The van der Waals surface area contributed by atoms with Crippen LogP contribution < -0.4 is 92.4 Å². The summed E-state index contributed by atoms with van der Waals surface area (Å²) >= 11 is 18.8. The molecule has 0 spiro atoms. The summed E-state index contributed by atoms with van der Waals surface area (Å²) in [5, 5.41) is 55.1. The number of anilines is 1. The molecule has 0 saturated heterocycles. The van der Waals surface area contributed by atoms with Crippen molar-refractivity contribution in [2.24, 2.45) is 5.73 Å². The van der Waals surface area contributed by atoms with E-state index in [-0.39, 0.29) is 90.8 Å². The molecular weight excluding hydrogens is 1540 g/mol. The number of carboxylic acids is 1. The quantitative estimate of drug-likeness (QED) is 0.0164. The number of aliphatic carboxylic acids is 1. The maximum absolute atomic E-state index is 11.6. The summed E-state index contributed by atoms with van der Waals surface area (Å²) in [6.45, 7) is 30.1. The zero-order valence-electron chi connectivity index (χ0n) is 55.0. The number of halogens is 3. The van der Waals surface area contributed by atoms with Gasteiger partial charge in [0.05, 0.1) is 51.5 Å². The number of carboxylic acid groups (broad SMARTS) is 1. The van der Waals surface area contributed by atoms with Crippen LogP contribution >= 0.6 is 121 Å². The third-order valence-corrected chi connectivity index (χ3v) is 22.0. The van der Waals surface area contributed by atoms with Crippen molar-refractivity contribution >= 4 is 186 Å². The van der Waals surface area contributed by atoms with Gasteiger partial charge >= 0.3 is 80.9 Å². The Bertz CT molecular complexity index is 3380. The molecule has 5 N–H and O–H groups in total. The average Bonchev–Trinajstić information content (AvgIpc) is 1.67. The molecular formula is C59H77BBr3KN9NaO7PS6Si2. The molecule has 1 amide bonds. The van der Waals surface area contributed by atoms with Gasteiger partial charge in [-0.2, -0.15) is 26.3 Å². The Kier molecular flexibility index (Phi) is 65.1. The number of nitriles is 5. The van der Waals surface area contributed by atoms with Crippen molar-refractivity contribution in [3.05, 3.63) is 131 Å². The van der Waals surface area contributed by atoms with Gasteiger partial charge in [-0.1, -0.05) is 55.8 Å². The number of aldehydes is 1. The maximum Gasteiger partial charge on any atom is 1.00 e. The molecule has 0 aliphatic carbocycles. The number of carbonyl (C=O) groups is 3. The summed E-state index contributed by atoms with van der Waals surface area (Å²) in [4.78, 5) is 52.0. The van der Waals surface area contributed by atoms with Gasteiger partial charge in [0.1, 0.15) is 5.82 Å². The number of aromatic nitrogens is 1. The minimum Gasteiger partial charge on any atom is -1.00 e. The fourth-order valence-corrected chi connectivity index (χ4v) is 20.9. The number of allylic oxidation sites excluding steroid dienone is 1. The summed E-state index contributed by atoms with van der Waals surface area (Å²) in [7, 11) is -2.66. The second kappa shape index (κ2) is 59.3. The molecule has 16 nitrogen and oxygen atoms in total. The molecule has 90 heavy (non-hydrogen) atoms. The van der Waals surface area contributed by atoms with E-state index < -0.39 is 36.8 Å². The van der Waals surface area contributed by atoms with Crippen LogP contribution in [-0.2, 0) is 38.4 Å². The van der Waals surface area contributed by atoms with Crippen molar-refractivity contribution < 1.29 is 116 Å². The number of carbonyl (C=O) groups excluding carboxylic acids is 2. The Balaban J connectivity index is -0.000000182. The summed E-state index contributed by atoms with van der Waals surface area (Å²) in [5.41, 5.74) is 17.5. The molecule has 0 unspecified atom stereocenters. The van der Waals surface area contributed by atoms with Crippen LogP contribution in [0.25, 0.3) is 30.6 Å². The maximum atomic E-state index is 11.6. The van der Waals surface area contributed by atoms with E-state index in [9.17, 15) is 9.59 Å². The number of rotatable bonds is 15. The first-order chi connectivity index (χ1) is 41.0. The molecule has 0 bridgehead atoms. The normalized spacial score (nSPS) is 9.47. The Morgan fingerprint density at radius 1 is 0.733 bits per heavy atom. The Labute approximate surface area is 652 Å². The third-order valence-electron chi connectivity index (χ3n) is 9.88. The van der Waals surface area contributed by atoms with E-state index in [2.05, 4.69) is 161 Å². The van der Waals surface area contributed by atoms with E-state index in [0.29, 0.717) is 43.9 Å². The summed E-state index contributed by atoms with van der Waals surface area (Å²) in [6, 6.07) is 20.5. The Morgan fingerprint density at radius 2 is 1.16 bits per heavy atom. The van der Waals surface area contributed by atoms with Crippen molar-refractivity contribution in [3.63, 3.8) is 0 Å². The van der Waals surface area contributed by atoms with Crippen LogP contribution in [0, 0.1) is 91.0 Å². The minimum absolute atomic E-state index is 0. The van der Waals surface area contributed by atoms with E-state index in [4.69, 9.17) is 56.9 Å². The Hall–Kier alpha value is -2.23. The molecule has 31 heteroatoms. The molecule has 7 aromatic rings. The summed E-state index contributed by atoms with van der Waals surface area (Å²) < 4.78 is 15.7. The van der Waals surface area contributed by atoms with Gasteiger partial charge < -0.3 is 22.6 Å². The summed E-state index contributed by atoms with van der Waals surface area (Å²) in [5.74, 6) is 0.401. The number of fused-ring (bicyclic) bond motifs is 1. The first-order valence-electron chi connectivity index (χ1n) is 26.1. The number of amides is 1. The predicted molar refractivity (Wildman–Crippen MR) is 391 cm³/mol. The number of aryl methyl sites for hydroxylation is 8. The average molecular weight is 1620 g/mol. The molecule has 0 fully saturated rings. The molecule has 0 saturated carbocycles. The number of primary amides is 1. The van der Waals surface area contributed by atoms with Crippen molar-refractivity contribution in [2.45, 2.75) is 133 Å². The fourth-order valence-electron chi connectivity index (χ4n) is 6.59. The van der Waals surface area contributed by atoms with Gasteiger partial charge in [0.2, 0.25) is 0 Å². The van der Waals surface area contributed by atoms with Gasteiger partial charge in [-0.25, -0.2) is 14.8 Å². The van der Waals surface area contributed by atoms with E-state index in [1.807, 2.05) is 68.8 Å². The van der Waals surface area contributed by atoms with Crippen LogP contribution in [0.5, 0.6) is 0 Å². The van der Waals surface area contributed by atoms with Crippen molar-refractivity contribution in [2.75, 3.05) is 18.9 Å². The first-order valence-corrected chi connectivity index (χ1v) is 43.4. The first kappa shape index (κ1) is 98.8. The number of hydrogen-bond donors (Lipinski definition) is 3. The molecule has 0 aromatic carbocycles. The van der Waals surface area contributed by atoms with Crippen LogP contribution in [0.2, 0.25) is 39.3 Å². The molecule has 475 valence electrons. The van der Waals surface area contributed by atoms with E-state index in [0.717, 1.165) is 72.1 Å². The van der Waals surface area contributed by atoms with Gasteiger partial charge in [-0.15, -0.1) is 68.0 Å². The van der Waals surface area contributed by atoms with Gasteiger partial charge in [0.25, 0.3) is 20.3 Å². The van der Waals surface area contributed by atoms with E-state index in [1.54, 1.807) is 56.7 Å². The molecule has 7 aromatic heterocycles. The van der Waals surface area contributed by atoms with Crippen LogP contribution in [0.4, 0.5) is 5.82 Å². The second-order valence-electron chi connectivity index (χ2n) is 19.0. The minimum atomic E-state index is -1.11. The van der Waals surface area contributed by atoms with Gasteiger partial charge in [0, 0.05) is 120 Å². The van der Waals surface area contributed by atoms with Crippen molar-refractivity contribution in [3.8, 4) is 39.8 Å². The number of nitrogens with two attached hydrogens (primary N) is 2. The van der Waals surface area contributed by atoms with Gasteiger partial charge in [-0.05, 0) is 165 Å².